The maximum atomic E-state index is 6.16. The van der Waals surface area contributed by atoms with Gasteiger partial charge in [-0.25, -0.2) is 9.97 Å². The summed E-state index contributed by atoms with van der Waals surface area (Å²) >= 11 is 0. The molecule has 0 radical (unpaired) electrons. The number of benzene rings is 3. The molecule has 2 N–H and O–H groups in total. The molecule has 5 nitrogen and oxygen atoms in total. The molecular formula is C34H36N4O. The fraction of sp³-hybridized carbons (Fsp3) is 0.294. The number of fused-ring (bicyclic) bond motifs is 2. The normalized spacial score (nSPS) is 14.5. The van der Waals surface area contributed by atoms with Gasteiger partial charge < -0.3 is 14.7 Å². The molecule has 2 heterocycles. The van der Waals surface area contributed by atoms with E-state index in [9.17, 15) is 0 Å². The predicted molar refractivity (Wildman–Crippen MR) is 161 cm³/mol. The predicted octanol–water partition coefficient (Wildman–Crippen LogP) is 8.84. The van der Waals surface area contributed by atoms with Crippen LogP contribution in [0.5, 0.6) is 5.75 Å². The number of H-pyrrole nitrogens is 2. The molecule has 1 aliphatic carbocycles. The molecule has 39 heavy (non-hydrogen) atoms. The van der Waals surface area contributed by atoms with Crippen LogP contribution in [-0.4, -0.2) is 19.9 Å². The summed E-state index contributed by atoms with van der Waals surface area (Å²) in [5, 5.41) is 0. The molecule has 3 aromatic carbocycles. The first-order chi connectivity index (χ1) is 18.5. The molecule has 5 heteroatoms. The van der Waals surface area contributed by atoms with Gasteiger partial charge in [-0.2, -0.15) is 0 Å². The van der Waals surface area contributed by atoms with Crippen molar-refractivity contribution in [3.05, 3.63) is 95.8 Å². The van der Waals surface area contributed by atoms with Gasteiger partial charge in [0, 0.05) is 11.8 Å². The Kier molecular flexibility index (Phi) is 5.98. The number of nitrogens with zero attached hydrogens (tertiary/aromatic N) is 2. The summed E-state index contributed by atoms with van der Waals surface area (Å²) < 4.78 is 6.16. The van der Waals surface area contributed by atoms with E-state index in [1.807, 2.05) is 0 Å². The molecule has 0 aliphatic heterocycles. The molecule has 6 rings (SSSR count). The number of aromatic amines is 2. The first kappa shape index (κ1) is 25.2. The lowest BCUT2D eigenvalue weighted by Crippen LogP contribution is -2.12. The molecule has 2 aromatic heterocycles. The zero-order valence-electron chi connectivity index (χ0n) is 23.6. The molecule has 0 saturated heterocycles. The average Bonchev–Trinajstić information content (AvgIpc) is 3.52. The van der Waals surface area contributed by atoms with Crippen molar-refractivity contribution in [2.75, 3.05) is 0 Å². The lowest BCUT2D eigenvalue weighted by atomic mass is 9.87. The quantitative estimate of drug-likeness (QED) is 0.251. The molecule has 5 aromatic rings. The molecule has 0 amide bonds. The van der Waals surface area contributed by atoms with E-state index in [-0.39, 0.29) is 10.8 Å². The summed E-state index contributed by atoms with van der Waals surface area (Å²) in [5.74, 6) is 3.78. The van der Waals surface area contributed by atoms with Crippen molar-refractivity contribution < 1.29 is 4.74 Å². The second kappa shape index (κ2) is 9.26. The third kappa shape index (κ3) is 5.14. The summed E-state index contributed by atoms with van der Waals surface area (Å²) in [7, 11) is 0. The van der Waals surface area contributed by atoms with Gasteiger partial charge in [-0.15, -0.1) is 0 Å². The highest BCUT2D eigenvalue weighted by Crippen LogP contribution is 2.32. The van der Waals surface area contributed by atoms with E-state index >= 15 is 0 Å². The fourth-order valence-corrected chi connectivity index (χ4v) is 4.96. The topological polar surface area (TPSA) is 66.6 Å². The first-order valence-corrected chi connectivity index (χ1v) is 13.7. The molecule has 0 fully saturated rings. The van der Waals surface area contributed by atoms with Crippen molar-refractivity contribution in [2.24, 2.45) is 0 Å². The van der Waals surface area contributed by atoms with Gasteiger partial charge in [0.1, 0.15) is 23.2 Å². The third-order valence-electron chi connectivity index (χ3n) is 7.39. The van der Waals surface area contributed by atoms with Gasteiger partial charge in [-0.05, 0) is 76.6 Å². The Labute approximate surface area is 230 Å². The largest absolute Gasteiger partial charge is 0.462 e. The van der Waals surface area contributed by atoms with Crippen LogP contribution in [0.15, 0.2) is 78.6 Å². The van der Waals surface area contributed by atoms with Crippen LogP contribution in [0.1, 0.15) is 71.6 Å². The lowest BCUT2D eigenvalue weighted by molar-refractivity contribution is 0.403. The Balaban J connectivity index is 1.21. The highest BCUT2D eigenvalue weighted by atomic mass is 16.5. The van der Waals surface area contributed by atoms with Gasteiger partial charge in [0.25, 0.3) is 0 Å². The molecule has 0 spiro atoms. The van der Waals surface area contributed by atoms with Gasteiger partial charge in [0.2, 0.25) is 0 Å². The van der Waals surface area contributed by atoms with E-state index in [1.54, 1.807) is 0 Å². The lowest BCUT2D eigenvalue weighted by Gasteiger charge is -2.20. The number of allylic oxidation sites excluding steroid dienone is 4. The Morgan fingerprint density at radius 3 is 1.90 bits per heavy atom. The highest BCUT2D eigenvalue weighted by molar-refractivity contribution is 5.87. The van der Waals surface area contributed by atoms with Crippen molar-refractivity contribution >= 4 is 27.6 Å². The van der Waals surface area contributed by atoms with Gasteiger partial charge in [-0.1, -0.05) is 71.9 Å². The number of hydrogen-bond acceptors (Lipinski definition) is 3. The summed E-state index contributed by atoms with van der Waals surface area (Å²) in [5.41, 5.74) is 8.98. The Hall–Kier alpha value is -4.12. The summed E-state index contributed by atoms with van der Waals surface area (Å²) in [6.45, 7) is 13.2. The minimum absolute atomic E-state index is 0.0159. The minimum Gasteiger partial charge on any atom is -0.462 e. The minimum atomic E-state index is -0.0159. The zero-order chi connectivity index (χ0) is 27.4. The van der Waals surface area contributed by atoms with Crippen LogP contribution in [0.4, 0.5) is 0 Å². The van der Waals surface area contributed by atoms with E-state index < -0.39 is 0 Å². The first-order valence-electron chi connectivity index (χ1n) is 13.7. The average molecular weight is 517 g/mol. The molecule has 1 aliphatic rings. The molecule has 198 valence electrons. The third-order valence-corrected chi connectivity index (χ3v) is 7.39. The van der Waals surface area contributed by atoms with Crippen molar-refractivity contribution in [3.8, 4) is 16.9 Å². The van der Waals surface area contributed by atoms with Crippen LogP contribution < -0.4 is 4.74 Å². The fourth-order valence-electron chi connectivity index (χ4n) is 4.96. The summed E-state index contributed by atoms with van der Waals surface area (Å²) in [4.78, 5) is 16.7. The summed E-state index contributed by atoms with van der Waals surface area (Å²) in [6.07, 6.45) is 5.92. The van der Waals surface area contributed by atoms with E-state index in [2.05, 4.69) is 124 Å². The number of rotatable bonds is 4. The van der Waals surface area contributed by atoms with Crippen LogP contribution in [0.3, 0.4) is 0 Å². The number of ether oxygens (including phenoxy) is 1. The Morgan fingerprint density at radius 1 is 0.667 bits per heavy atom. The van der Waals surface area contributed by atoms with Crippen molar-refractivity contribution in [1.82, 2.24) is 19.9 Å². The number of nitrogens with one attached hydrogen (secondary N) is 2. The van der Waals surface area contributed by atoms with Crippen molar-refractivity contribution in [3.63, 3.8) is 0 Å². The van der Waals surface area contributed by atoms with Crippen LogP contribution >= 0.6 is 0 Å². The van der Waals surface area contributed by atoms with Crippen LogP contribution in [0.2, 0.25) is 0 Å². The number of imidazole rings is 2. The van der Waals surface area contributed by atoms with Gasteiger partial charge in [0.05, 0.1) is 22.1 Å². The van der Waals surface area contributed by atoms with Crippen LogP contribution in [0, 0.1) is 0 Å². The molecular weight excluding hydrogens is 480 g/mol. The SMILES string of the molecule is CC(C)(C)c1ccc(OC2=CC=C(c3nc4ccc(-c5ccc6nc(C(C)(C)C)[nH]c6c5)cc4[nH]3)CC2)cc1. The molecule has 0 unspecified atom stereocenters. The molecule has 0 saturated carbocycles. The smallest absolute Gasteiger partial charge is 0.134 e. The standard InChI is InChI=1S/C34H36N4O/c1-33(2,3)24-11-15-26(16-12-24)39-25-13-7-21(8-14-25)31-35-27-17-9-22(19-29(27)36-31)23-10-18-28-30(20-23)38-32(37-28)34(4,5)6/h7,9-13,15-20H,8,14H2,1-6H3,(H,35,36)(H,37,38). The van der Waals surface area contributed by atoms with Gasteiger partial charge in [-0.3, -0.25) is 0 Å². The van der Waals surface area contributed by atoms with Crippen LogP contribution in [0.25, 0.3) is 38.8 Å². The van der Waals surface area contributed by atoms with E-state index in [0.29, 0.717) is 0 Å². The molecule has 0 bridgehead atoms. The highest BCUT2D eigenvalue weighted by Gasteiger charge is 2.19. The van der Waals surface area contributed by atoms with Gasteiger partial charge in [0.15, 0.2) is 0 Å². The maximum absolute atomic E-state index is 6.16. The van der Waals surface area contributed by atoms with E-state index in [1.165, 1.54) is 11.1 Å². The van der Waals surface area contributed by atoms with E-state index in [0.717, 1.165) is 69.2 Å². The zero-order valence-corrected chi connectivity index (χ0v) is 23.6. The van der Waals surface area contributed by atoms with E-state index in [4.69, 9.17) is 14.7 Å². The Bertz CT molecular complexity index is 1730. The summed E-state index contributed by atoms with van der Waals surface area (Å²) in [6, 6.07) is 21.3. The molecule has 0 atom stereocenters. The second-order valence-electron chi connectivity index (χ2n) is 12.6. The van der Waals surface area contributed by atoms with Crippen LogP contribution in [-0.2, 0) is 10.8 Å². The monoisotopic (exact) mass is 516 g/mol. The maximum Gasteiger partial charge on any atom is 0.134 e. The number of aromatic nitrogens is 4. The van der Waals surface area contributed by atoms with Gasteiger partial charge >= 0.3 is 0 Å². The number of hydrogen-bond donors (Lipinski definition) is 2. The van der Waals surface area contributed by atoms with Crippen molar-refractivity contribution in [2.45, 2.75) is 65.2 Å². The Morgan fingerprint density at radius 2 is 1.31 bits per heavy atom. The van der Waals surface area contributed by atoms with Crippen molar-refractivity contribution in [1.29, 1.82) is 0 Å². The second-order valence-corrected chi connectivity index (χ2v) is 12.6.